The Hall–Kier alpha value is -2.95. The molecule has 124 valence electrons. The highest BCUT2D eigenvalue weighted by Gasteiger charge is 2.18. The Morgan fingerprint density at radius 3 is 2.08 bits per heavy atom. The summed E-state index contributed by atoms with van der Waals surface area (Å²) in [5.41, 5.74) is 2.98. The molecule has 5 heteroatoms. The fraction of sp³-hybridized carbons (Fsp3) is 0.211. The lowest BCUT2D eigenvalue weighted by atomic mass is 10.1. The van der Waals surface area contributed by atoms with E-state index in [0.717, 1.165) is 11.1 Å². The Morgan fingerprint density at radius 1 is 1.00 bits per heavy atom. The molecule has 0 unspecified atom stereocenters. The van der Waals surface area contributed by atoms with Crippen molar-refractivity contribution in [1.29, 1.82) is 0 Å². The van der Waals surface area contributed by atoms with E-state index in [1.807, 2.05) is 38.1 Å². The topological polar surface area (TPSA) is 71.2 Å². The molecular weight excluding hydrogens is 304 g/mol. The third-order valence-corrected chi connectivity index (χ3v) is 3.32. The maximum atomic E-state index is 12.1. The molecule has 0 aliphatic rings. The zero-order valence-electron chi connectivity index (χ0n) is 14.0. The lowest BCUT2D eigenvalue weighted by Gasteiger charge is -2.06. The highest BCUT2D eigenvalue weighted by molar-refractivity contribution is 5.95. The molecule has 5 nitrogen and oxygen atoms in total. The van der Waals surface area contributed by atoms with Gasteiger partial charge in [-0.2, -0.15) is 5.11 Å². The Bertz CT molecular complexity index is 760. The van der Waals surface area contributed by atoms with Crippen LogP contribution < -0.4 is 0 Å². The first kappa shape index (κ1) is 17.4. The van der Waals surface area contributed by atoms with Gasteiger partial charge < -0.3 is 9.84 Å². The van der Waals surface area contributed by atoms with Crippen molar-refractivity contribution >= 4 is 17.4 Å². The summed E-state index contributed by atoms with van der Waals surface area (Å²) in [7, 11) is 0. The summed E-state index contributed by atoms with van der Waals surface area (Å²) >= 11 is 0. The van der Waals surface area contributed by atoms with Gasteiger partial charge in [-0.1, -0.05) is 47.5 Å². The zero-order chi connectivity index (χ0) is 17.5. The van der Waals surface area contributed by atoms with Crippen LogP contribution in [0, 0.1) is 13.8 Å². The van der Waals surface area contributed by atoms with Crippen molar-refractivity contribution in [2.45, 2.75) is 20.8 Å². The molecule has 24 heavy (non-hydrogen) atoms. The average molecular weight is 324 g/mol. The predicted octanol–water partition coefficient (Wildman–Crippen LogP) is 4.88. The van der Waals surface area contributed by atoms with Crippen LogP contribution in [0.2, 0.25) is 0 Å². The molecule has 2 aromatic carbocycles. The number of hydrogen-bond donors (Lipinski definition) is 1. The number of aliphatic hydroxyl groups is 1. The maximum Gasteiger partial charge on any atom is 0.362 e. The molecule has 0 aliphatic heterocycles. The van der Waals surface area contributed by atoms with E-state index in [0.29, 0.717) is 11.3 Å². The third kappa shape index (κ3) is 4.52. The van der Waals surface area contributed by atoms with E-state index in [1.54, 1.807) is 31.2 Å². The van der Waals surface area contributed by atoms with Crippen LogP contribution in [0.1, 0.15) is 23.6 Å². The van der Waals surface area contributed by atoms with Gasteiger partial charge in [-0.15, -0.1) is 5.11 Å². The van der Waals surface area contributed by atoms with E-state index in [9.17, 15) is 9.90 Å². The Balaban J connectivity index is 2.40. The SMILES string of the molecule is CCOC(=O)/C(N=Nc1ccc(C)cc1)=C(/O)c1ccc(C)cc1. The number of aryl methyl sites for hydroxylation is 2. The van der Waals surface area contributed by atoms with E-state index in [1.165, 1.54) is 0 Å². The second-order valence-corrected chi connectivity index (χ2v) is 5.32. The first-order chi connectivity index (χ1) is 11.5. The summed E-state index contributed by atoms with van der Waals surface area (Å²) in [4.78, 5) is 12.1. The largest absolute Gasteiger partial charge is 0.505 e. The van der Waals surface area contributed by atoms with Gasteiger partial charge in [0.1, 0.15) is 0 Å². The monoisotopic (exact) mass is 324 g/mol. The summed E-state index contributed by atoms with van der Waals surface area (Å²) in [5.74, 6) is -0.976. The summed E-state index contributed by atoms with van der Waals surface area (Å²) in [6.45, 7) is 5.78. The van der Waals surface area contributed by atoms with E-state index >= 15 is 0 Å². The highest BCUT2D eigenvalue weighted by Crippen LogP contribution is 2.21. The molecular formula is C19H20N2O3. The minimum Gasteiger partial charge on any atom is -0.505 e. The second-order valence-electron chi connectivity index (χ2n) is 5.32. The molecule has 0 bridgehead atoms. The number of hydrogen-bond acceptors (Lipinski definition) is 5. The van der Waals surface area contributed by atoms with Crippen molar-refractivity contribution < 1.29 is 14.6 Å². The van der Waals surface area contributed by atoms with Crippen LogP contribution >= 0.6 is 0 Å². The normalized spacial score (nSPS) is 12.1. The van der Waals surface area contributed by atoms with Gasteiger partial charge in [-0.3, -0.25) is 0 Å². The molecule has 0 aliphatic carbocycles. The Morgan fingerprint density at radius 2 is 1.54 bits per heavy atom. The van der Waals surface area contributed by atoms with Gasteiger partial charge >= 0.3 is 5.97 Å². The van der Waals surface area contributed by atoms with Crippen molar-refractivity contribution in [3.63, 3.8) is 0 Å². The first-order valence-electron chi connectivity index (χ1n) is 7.67. The van der Waals surface area contributed by atoms with Crippen molar-refractivity contribution in [2.75, 3.05) is 6.61 Å². The lowest BCUT2D eigenvalue weighted by Crippen LogP contribution is -2.08. The molecule has 0 saturated heterocycles. The van der Waals surface area contributed by atoms with E-state index in [2.05, 4.69) is 10.2 Å². The third-order valence-electron chi connectivity index (χ3n) is 3.32. The average Bonchev–Trinajstić information content (AvgIpc) is 2.57. The smallest absolute Gasteiger partial charge is 0.362 e. The van der Waals surface area contributed by atoms with Crippen molar-refractivity contribution in [2.24, 2.45) is 10.2 Å². The predicted molar refractivity (Wildman–Crippen MR) is 93.1 cm³/mol. The molecule has 0 aromatic heterocycles. The standard InChI is InChI=1S/C19H20N2O3/c1-4-24-19(23)17(18(22)15-9-5-13(2)6-10-15)21-20-16-11-7-14(3)8-12-16/h5-12,22H,4H2,1-3H3/b18-17-,21-20?. The molecule has 1 N–H and O–H groups in total. The van der Waals surface area contributed by atoms with Crippen LogP contribution in [0.3, 0.4) is 0 Å². The van der Waals surface area contributed by atoms with Gasteiger partial charge in [-0.25, -0.2) is 4.79 Å². The van der Waals surface area contributed by atoms with Gasteiger partial charge in [-0.05, 0) is 32.9 Å². The van der Waals surface area contributed by atoms with Gasteiger partial charge in [0.2, 0.25) is 5.70 Å². The number of aliphatic hydroxyl groups excluding tert-OH is 1. The Kier molecular flexibility index (Phi) is 5.84. The van der Waals surface area contributed by atoms with Gasteiger partial charge in [0.05, 0.1) is 12.3 Å². The molecule has 0 heterocycles. The van der Waals surface area contributed by atoms with E-state index in [4.69, 9.17) is 4.74 Å². The number of esters is 1. The van der Waals surface area contributed by atoms with Crippen LogP contribution in [0.25, 0.3) is 5.76 Å². The quantitative estimate of drug-likeness (QED) is 0.369. The maximum absolute atomic E-state index is 12.1. The zero-order valence-corrected chi connectivity index (χ0v) is 14.0. The fourth-order valence-electron chi connectivity index (χ4n) is 1.95. The summed E-state index contributed by atoms with van der Waals surface area (Å²) in [5, 5.41) is 18.4. The minimum atomic E-state index is -0.716. The summed E-state index contributed by atoms with van der Waals surface area (Å²) in [6, 6.07) is 14.5. The molecule has 0 spiro atoms. The van der Waals surface area contributed by atoms with Crippen LogP contribution in [0.5, 0.6) is 0 Å². The van der Waals surface area contributed by atoms with Gasteiger partial charge in [0.15, 0.2) is 5.76 Å². The van der Waals surface area contributed by atoms with E-state index < -0.39 is 5.97 Å². The van der Waals surface area contributed by atoms with Crippen molar-refractivity contribution in [3.8, 4) is 0 Å². The van der Waals surface area contributed by atoms with Crippen LogP contribution in [0.15, 0.2) is 64.5 Å². The lowest BCUT2D eigenvalue weighted by molar-refractivity contribution is -0.138. The first-order valence-corrected chi connectivity index (χ1v) is 7.67. The van der Waals surface area contributed by atoms with Crippen LogP contribution in [-0.2, 0) is 9.53 Å². The molecule has 0 saturated carbocycles. The van der Waals surface area contributed by atoms with Crippen molar-refractivity contribution in [3.05, 3.63) is 70.9 Å². The molecule has 0 radical (unpaired) electrons. The van der Waals surface area contributed by atoms with Crippen LogP contribution in [-0.4, -0.2) is 17.7 Å². The van der Waals surface area contributed by atoms with Gasteiger partial charge in [0.25, 0.3) is 0 Å². The molecule has 0 atom stereocenters. The number of ether oxygens (including phenoxy) is 1. The fourth-order valence-corrected chi connectivity index (χ4v) is 1.95. The Labute approximate surface area is 141 Å². The number of azo groups is 1. The molecule has 2 rings (SSSR count). The minimum absolute atomic E-state index is 0.184. The van der Waals surface area contributed by atoms with Crippen LogP contribution in [0.4, 0.5) is 5.69 Å². The van der Waals surface area contributed by atoms with E-state index in [-0.39, 0.29) is 18.1 Å². The molecule has 2 aromatic rings. The number of carbonyl (C=O) groups is 1. The number of benzene rings is 2. The summed E-state index contributed by atoms with van der Waals surface area (Å²) < 4.78 is 4.97. The highest BCUT2D eigenvalue weighted by atomic mass is 16.5. The number of nitrogens with zero attached hydrogens (tertiary/aromatic N) is 2. The molecule has 0 fully saturated rings. The molecule has 0 amide bonds. The summed E-state index contributed by atoms with van der Waals surface area (Å²) in [6.07, 6.45) is 0. The van der Waals surface area contributed by atoms with Crippen molar-refractivity contribution in [1.82, 2.24) is 0 Å². The second kappa shape index (κ2) is 8.06. The van der Waals surface area contributed by atoms with Gasteiger partial charge in [0, 0.05) is 5.56 Å². The number of carbonyl (C=O) groups excluding carboxylic acids is 1. The number of rotatable bonds is 5.